The van der Waals surface area contributed by atoms with Crippen LogP contribution in [0, 0.1) is 11.3 Å². The van der Waals surface area contributed by atoms with E-state index in [-0.39, 0.29) is 0 Å². The first-order valence-corrected chi connectivity index (χ1v) is 6.56. The van der Waals surface area contributed by atoms with Gasteiger partial charge in [-0.15, -0.1) is 0 Å². The predicted octanol–water partition coefficient (Wildman–Crippen LogP) is 1.59. The number of rotatable bonds is 3. The third kappa shape index (κ3) is 2.90. The lowest BCUT2D eigenvalue weighted by Crippen LogP contribution is -2.49. The first-order chi connectivity index (χ1) is 8.67. The van der Waals surface area contributed by atoms with Crippen LogP contribution in [0.25, 0.3) is 0 Å². The molecule has 3 nitrogen and oxygen atoms in total. The van der Waals surface area contributed by atoms with E-state index in [0.29, 0.717) is 0 Å². The zero-order valence-electron chi connectivity index (χ0n) is 11.2. The summed E-state index contributed by atoms with van der Waals surface area (Å²) in [5, 5.41) is 12.3. The Labute approximate surface area is 109 Å². The van der Waals surface area contributed by atoms with E-state index in [1.807, 2.05) is 14.0 Å². The number of nitriles is 1. The van der Waals surface area contributed by atoms with E-state index in [1.54, 1.807) is 0 Å². The summed E-state index contributed by atoms with van der Waals surface area (Å²) in [5.41, 5.74) is 2.47. The number of nitrogens with zero attached hydrogens (tertiary/aromatic N) is 2. The summed E-state index contributed by atoms with van der Waals surface area (Å²) in [6.07, 6.45) is 2.17. The molecule has 96 valence electrons. The van der Waals surface area contributed by atoms with Crippen molar-refractivity contribution in [3.63, 3.8) is 0 Å². The van der Waals surface area contributed by atoms with Gasteiger partial charge in [0.1, 0.15) is 5.54 Å². The van der Waals surface area contributed by atoms with Crippen molar-refractivity contribution in [2.24, 2.45) is 0 Å². The fourth-order valence-corrected chi connectivity index (χ4v) is 2.49. The van der Waals surface area contributed by atoms with Gasteiger partial charge in [-0.25, -0.2) is 0 Å². The summed E-state index contributed by atoms with van der Waals surface area (Å²) >= 11 is 0. The van der Waals surface area contributed by atoms with E-state index in [9.17, 15) is 5.26 Å². The molecule has 0 aromatic heterocycles. The minimum Gasteiger partial charge on any atom is -0.302 e. The summed E-state index contributed by atoms with van der Waals surface area (Å²) < 4.78 is 0. The van der Waals surface area contributed by atoms with Crippen molar-refractivity contribution in [2.75, 3.05) is 26.7 Å². The van der Waals surface area contributed by atoms with Crippen molar-refractivity contribution in [1.29, 1.82) is 5.26 Å². The lowest BCUT2D eigenvalue weighted by molar-refractivity contribution is 0.234. The molecule has 1 aromatic rings. The fraction of sp³-hybridized carbons (Fsp3) is 0.533. The highest BCUT2D eigenvalue weighted by molar-refractivity contribution is 5.28. The highest BCUT2D eigenvalue weighted by atomic mass is 15.2. The van der Waals surface area contributed by atoms with Gasteiger partial charge in [-0.05, 0) is 37.9 Å². The summed E-state index contributed by atoms with van der Waals surface area (Å²) in [6, 6.07) is 11.0. The first-order valence-electron chi connectivity index (χ1n) is 6.56. The molecule has 1 unspecified atom stereocenters. The van der Waals surface area contributed by atoms with Gasteiger partial charge in [0.05, 0.1) is 6.07 Å². The topological polar surface area (TPSA) is 39.1 Å². The molecule has 1 heterocycles. The van der Waals surface area contributed by atoms with Crippen LogP contribution >= 0.6 is 0 Å². The number of likely N-dealkylation sites (N-methyl/N-ethyl adjacent to an activating group) is 1. The summed E-state index contributed by atoms with van der Waals surface area (Å²) in [5.74, 6) is 0. The molecular formula is C15H21N3. The number of hydrogen-bond donors (Lipinski definition) is 1. The van der Waals surface area contributed by atoms with Gasteiger partial charge >= 0.3 is 0 Å². The van der Waals surface area contributed by atoms with Crippen molar-refractivity contribution in [2.45, 2.75) is 25.3 Å². The third-order valence-electron chi connectivity index (χ3n) is 3.85. The molecule has 3 heteroatoms. The van der Waals surface area contributed by atoms with E-state index in [1.165, 1.54) is 11.1 Å². The maximum Gasteiger partial charge on any atom is 0.116 e. The minimum absolute atomic E-state index is 0.448. The molecule has 0 saturated heterocycles. The van der Waals surface area contributed by atoms with Gasteiger partial charge in [-0.2, -0.15) is 5.26 Å². The maximum absolute atomic E-state index is 9.22. The van der Waals surface area contributed by atoms with Gasteiger partial charge in [0, 0.05) is 19.6 Å². The Hall–Kier alpha value is -1.37. The maximum atomic E-state index is 9.22. The molecular weight excluding hydrogens is 222 g/mol. The number of hydrogen-bond acceptors (Lipinski definition) is 3. The predicted molar refractivity (Wildman–Crippen MR) is 73.4 cm³/mol. The lowest BCUT2D eigenvalue weighted by Gasteiger charge is -2.29. The van der Waals surface area contributed by atoms with E-state index in [2.05, 4.69) is 40.6 Å². The highest BCUT2D eigenvalue weighted by Gasteiger charge is 2.25. The summed E-state index contributed by atoms with van der Waals surface area (Å²) in [4.78, 5) is 2.39. The van der Waals surface area contributed by atoms with Gasteiger partial charge in [0.2, 0.25) is 0 Å². The standard InChI is InChI=1S/C15H21N3/c1-15(11-16,17-2)12-18-9-7-13-5-3-4-6-14(13)8-10-18/h3-6,17H,7-10,12H2,1-2H3. The van der Waals surface area contributed by atoms with Crippen molar-refractivity contribution in [3.05, 3.63) is 35.4 Å². The van der Waals surface area contributed by atoms with E-state index in [0.717, 1.165) is 32.5 Å². The molecule has 1 aromatic carbocycles. The first kappa shape index (κ1) is 13.1. The van der Waals surface area contributed by atoms with Crippen LogP contribution in [-0.4, -0.2) is 37.1 Å². The Bertz CT molecular complexity index is 422. The van der Waals surface area contributed by atoms with Gasteiger partial charge in [0.25, 0.3) is 0 Å². The Morgan fingerprint density at radius 1 is 1.28 bits per heavy atom. The zero-order valence-corrected chi connectivity index (χ0v) is 11.2. The quantitative estimate of drug-likeness (QED) is 0.876. The zero-order chi connectivity index (χ0) is 13.0. The van der Waals surface area contributed by atoms with Crippen LogP contribution in [0.4, 0.5) is 0 Å². The molecule has 18 heavy (non-hydrogen) atoms. The van der Waals surface area contributed by atoms with Crippen LogP contribution in [0.3, 0.4) is 0 Å². The van der Waals surface area contributed by atoms with Gasteiger partial charge in [-0.3, -0.25) is 4.90 Å². The van der Waals surface area contributed by atoms with Gasteiger partial charge in [0.15, 0.2) is 0 Å². The molecule has 2 rings (SSSR count). The van der Waals surface area contributed by atoms with E-state index >= 15 is 0 Å². The molecule has 1 aliphatic rings. The molecule has 1 atom stereocenters. The lowest BCUT2D eigenvalue weighted by atomic mass is 10.0. The average Bonchev–Trinajstić information content (AvgIpc) is 2.62. The molecule has 0 bridgehead atoms. The van der Waals surface area contributed by atoms with Crippen molar-refractivity contribution in [3.8, 4) is 6.07 Å². The van der Waals surface area contributed by atoms with Gasteiger partial charge < -0.3 is 5.32 Å². The molecule has 0 aliphatic carbocycles. The summed E-state index contributed by atoms with van der Waals surface area (Å²) in [6.45, 7) is 4.82. The van der Waals surface area contributed by atoms with Gasteiger partial charge in [-0.1, -0.05) is 24.3 Å². The average molecular weight is 243 g/mol. The number of fused-ring (bicyclic) bond motifs is 1. The van der Waals surface area contributed by atoms with Crippen LogP contribution in [0.2, 0.25) is 0 Å². The monoisotopic (exact) mass is 243 g/mol. The van der Waals surface area contributed by atoms with Crippen LogP contribution in [-0.2, 0) is 12.8 Å². The normalized spacial score (nSPS) is 19.4. The second-order valence-electron chi connectivity index (χ2n) is 5.24. The summed E-state index contributed by atoms with van der Waals surface area (Å²) in [7, 11) is 1.86. The molecule has 1 N–H and O–H groups in total. The van der Waals surface area contributed by atoms with E-state index in [4.69, 9.17) is 0 Å². The third-order valence-corrected chi connectivity index (χ3v) is 3.85. The molecule has 1 aliphatic heterocycles. The largest absolute Gasteiger partial charge is 0.302 e. The number of benzene rings is 1. The molecule has 0 saturated carbocycles. The highest BCUT2D eigenvalue weighted by Crippen LogP contribution is 2.16. The second kappa shape index (κ2) is 5.51. The van der Waals surface area contributed by atoms with Crippen molar-refractivity contribution in [1.82, 2.24) is 10.2 Å². The number of nitrogens with one attached hydrogen (secondary N) is 1. The fourth-order valence-electron chi connectivity index (χ4n) is 2.49. The van der Waals surface area contributed by atoms with Crippen LogP contribution in [0.5, 0.6) is 0 Å². The Kier molecular flexibility index (Phi) is 4.00. The SMILES string of the molecule is CNC(C)(C#N)CN1CCc2ccccc2CC1. The van der Waals surface area contributed by atoms with E-state index < -0.39 is 5.54 Å². The smallest absolute Gasteiger partial charge is 0.116 e. The molecule has 0 radical (unpaired) electrons. The van der Waals surface area contributed by atoms with Crippen LogP contribution in [0.15, 0.2) is 24.3 Å². The van der Waals surface area contributed by atoms with Crippen LogP contribution in [0.1, 0.15) is 18.1 Å². The molecule has 0 amide bonds. The minimum atomic E-state index is -0.448. The van der Waals surface area contributed by atoms with Crippen molar-refractivity contribution >= 4 is 0 Å². The van der Waals surface area contributed by atoms with Crippen molar-refractivity contribution < 1.29 is 0 Å². The Balaban J connectivity index is 2.03. The van der Waals surface area contributed by atoms with Crippen LogP contribution < -0.4 is 5.32 Å². The molecule has 0 fully saturated rings. The Morgan fingerprint density at radius 2 is 1.83 bits per heavy atom. The second-order valence-corrected chi connectivity index (χ2v) is 5.24. The Morgan fingerprint density at radius 3 is 2.28 bits per heavy atom. The molecule has 0 spiro atoms.